The highest BCUT2D eigenvalue weighted by Gasteiger charge is 2.23. The minimum atomic E-state index is -0.305. The lowest BCUT2D eigenvalue weighted by atomic mass is 9.98. The molecule has 0 spiro atoms. The van der Waals surface area contributed by atoms with Gasteiger partial charge in [0.15, 0.2) is 5.11 Å². The van der Waals surface area contributed by atoms with E-state index in [4.69, 9.17) is 12.2 Å². The molecule has 0 atom stereocenters. The average molecular weight is 458 g/mol. The van der Waals surface area contributed by atoms with E-state index in [1.807, 2.05) is 59.5 Å². The Morgan fingerprint density at radius 2 is 1.45 bits per heavy atom. The first-order chi connectivity index (χ1) is 16.0. The van der Waals surface area contributed by atoms with Crippen LogP contribution in [0.2, 0.25) is 0 Å². The molecular weight excluding hydrogens is 430 g/mol. The van der Waals surface area contributed by atoms with E-state index in [1.54, 1.807) is 24.3 Å². The standard InChI is InChI=1S/C27H27N3O2S/c1-19-15-17-30(18-16-19)26(32)23-9-5-6-10-24(23)28-27(33)29-25(31)22-13-11-21(12-14-22)20-7-3-2-4-8-20/h2-14,19H,15-18H2,1H3,(H2,28,29,31,33). The monoisotopic (exact) mass is 457 g/mol. The van der Waals surface area contributed by atoms with Crippen molar-refractivity contribution in [3.05, 3.63) is 90.0 Å². The van der Waals surface area contributed by atoms with Crippen molar-refractivity contribution < 1.29 is 9.59 Å². The molecule has 6 heteroatoms. The summed E-state index contributed by atoms with van der Waals surface area (Å²) in [6.07, 6.45) is 2.03. The quantitative estimate of drug-likeness (QED) is 0.518. The van der Waals surface area contributed by atoms with Crippen LogP contribution in [0.15, 0.2) is 78.9 Å². The molecule has 0 unspecified atom stereocenters. The summed E-state index contributed by atoms with van der Waals surface area (Å²) in [5.74, 6) is 0.323. The third-order valence-electron chi connectivity index (χ3n) is 5.96. The lowest BCUT2D eigenvalue weighted by molar-refractivity contribution is 0.0698. The van der Waals surface area contributed by atoms with Gasteiger partial charge in [0.25, 0.3) is 11.8 Å². The normalized spacial score (nSPS) is 13.9. The number of amides is 2. The van der Waals surface area contributed by atoms with Gasteiger partial charge in [0.1, 0.15) is 0 Å². The fraction of sp³-hybridized carbons (Fsp3) is 0.222. The van der Waals surface area contributed by atoms with E-state index in [2.05, 4.69) is 17.6 Å². The smallest absolute Gasteiger partial charge is 0.257 e. The molecule has 2 N–H and O–H groups in total. The highest BCUT2D eigenvalue weighted by atomic mass is 32.1. The molecule has 1 fully saturated rings. The van der Waals surface area contributed by atoms with Crippen LogP contribution in [-0.4, -0.2) is 34.9 Å². The van der Waals surface area contributed by atoms with Gasteiger partial charge in [0.05, 0.1) is 11.3 Å². The number of nitrogens with zero attached hydrogens (tertiary/aromatic N) is 1. The molecule has 0 aromatic heterocycles. The fourth-order valence-corrected chi connectivity index (χ4v) is 4.14. The van der Waals surface area contributed by atoms with Crippen molar-refractivity contribution in [2.75, 3.05) is 18.4 Å². The zero-order valence-corrected chi connectivity index (χ0v) is 19.4. The highest BCUT2D eigenvalue weighted by Crippen LogP contribution is 2.22. The molecule has 2 amide bonds. The first-order valence-corrected chi connectivity index (χ1v) is 11.6. The van der Waals surface area contributed by atoms with Gasteiger partial charge < -0.3 is 10.2 Å². The van der Waals surface area contributed by atoms with Crippen LogP contribution in [0.4, 0.5) is 5.69 Å². The van der Waals surface area contributed by atoms with E-state index in [0.29, 0.717) is 22.7 Å². The topological polar surface area (TPSA) is 61.4 Å². The first kappa shape index (κ1) is 22.7. The number of likely N-dealkylation sites (tertiary alicyclic amines) is 1. The SMILES string of the molecule is CC1CCN(C(=O)c2ccccc2NC(=S)NC(=O)c2ccc(-c3ccccc3)cc2)CC1. The van der Waals surface area contributed by atoms with Crippen LogP contribution < -0.4 is 10.6 Å². The van der Waals surface area contributed by atoms with E-state index in [9.17, 15) is 9.59 Å². The number of hydrogen-bond acceptors (Lipinski definition) is 3. The van der Waals surface area contributed by atoms with E-state index in [0.717, 1.165) is 37.1 Å². The van der Waals surface area contributed by atoms with E-state index >= 15 is 0 Å². The molecule has 3 aromatic carbocycles. The summed E-state index contributed by atoms with van der Waals surface area (Å²) >= 11 is 5.36. The second kappa shape index (κ2) is 10.4. The van der Waals surface area contributed by atoms with Crippen molar-refractivity contribution >= 4 is 34.8 Å². The van der Waals surface area contributed by atoms with Gasteiger partial charge in [0, 0.05) is 18.7 Å². The number of carbonyl (C=O) groups excluding carboxylic acids is 2. The Labute approximate surface area is 199 Å². The number of anilines is 1. The largest absolute Gasteiger partial charge is 0.339 e. The summed E-state index contributed by atoms with van der Waals surface area (Å²) in [6, 6.07) is 24.6. The lowest BCUT2D eigenvalue weighted by Gasteiger charge is -2.30. The maximum atomic E-state index is 13.1. The summed E-state index contributed by atoms with van der Waals surface area (Å²) in [4.78, 5) is 27.6. The van der Waals surface area contributed by atoms with Crippen molar-refractivity contribution in [2.24, 2.45) is 5.92 Å². The molecule has 0 bridgehead atoms. The Hall–Kier alpha value is -3.51. The summed E-state index contributed by atoms with van der Waals surface area (Å²) in [6.45, 7) is 3.73. The van der Waals surface area contributed by atoms with Crippen molar-refractivity contribution in [2.45, 2.75) is 19.8 Å². The molecule has 0 saturated carbocycles. The number of nitrogens with one attached hydrogen (secondary N) is 2. The third-order valence-corrected chi connectivity index (χ3v) is 6.16. The molecule has 5 nitrogen and oxygen atoms in total. The molecule has 1 heterocycles. The number of benzene rings is 3. The second-order valence-corrected chi connectivity index (χ2v) is 8.78. The van der Waals surface area contributed by atoms with Crippen LogP contribution in [0.3, 0.4) is 0 Å². The van der Waals surface area contributed by atoms with Crippen molar-refractivity contribution in [1.29, 1.82) is 0 Å². The average Bonchev–Trinajstić information content (AvgIpc) is 2.85. The van der Waals surface area contributed by atoms with Gasteiger partial charge in [-0.2, -0.15) is 0 Å². The van der Waals surface area contributed by atoms with Gasteiger partial charge in [-0.05, 0) is 66.4 Å². The maximum Gasteiger partial charge on any atom is 0.257 e. The fourth-order valence-electron chi connectivity index (χ4n) is 3.93. The zero-order valence-electron chi connectivity index (χ0n) is 18.6. The van der Waals surface area contributed by atoms with Gasteiger partial charge in [-0.15, -0.1) is 0 Å². The molecule has 1 aliphatic rings. The number of piperidine rings is 1. The Bertz CT molecular complexity index is 1140. The molecule has 3 aromatic rings. The number of rotatable bonds is 4. The molecule has 4 rings (SSSR count). The van der Waals surface area contributed by atoms with Crippen LogP contribution >= 0.6 is 12.2 Å². The zero-order chi connectivity index (χ0) is 23.2. The van der Waals surface area contributed by atoms with E-state index in [-0.39, 0.29) is 16.9 Å². The second-order valence-electron chi connectivity index (χ2n) is 8.37. The lowest BCUT2D eigenvalue weighted by Crippen LogP contribution is -2.39. The van der Waals surface area contributed by atoms with Gasteiger partial charge in [-0.1, -0.05) is 61.5 Å². The molecule has 1 aliphatic heterocycles. The Kier molecular flexibility index (Phi) is 7.15. The molecule has 0 aliphatic carbocycles. The number of para-hydroxylation sites is 1. The molecule has 168 valence electrons. The van der Waals surface area contributed by atoms with Gasteiger partial charge in [0.2, 0.25) is 0 Å². The van der Waals surface area contributed by atoms with Crippen molar-refractivity contribution in [1.82, 2.24) is 10.2 Å². The molecule has 33 heavy (non-hydrogen) atoms. The molecule has 0 radical (unpaired) electrons. The Balaban J connectivity index is 1.40. The van der Waals surface area contributed by atoms with E-state index < -0.39 is 0 Å². The summed E-state index contributed by atoms with van der Waals surface area (Å²) in [7, 11) is 0. The van der Waals surface area contributed by atoms with Crippen LogP contribution in [-0.2, 0) is 0 Å². The number of hydrogen-bond donors (Lipinski definition) is 2. The summed E-state index contributed by atoms with van der Waals surface area (Å²) < 4.78 is 0. The van der Waals surface area contributed by atoms with Crippen LogP contribution in [0.25, 0.3) is 11.1 Å². The predicted octanol–water partition coefficient (Wildman–Crippen LogP) is 5.35. The Morgan fingerprint density at radius 1 is 0.848 bits per heavy atom. The maximum absolute atomic E-state index is 13.1. The third kappa shape index (κ3) is 5.65. The number of carbonyl (C=O) groups is 2. The molecule has 1 saturated heterocycles. The summed E-state index contributed by atoms with van der Waals surface area (Å²) in [5, 5.41) is 5.89. The van der Waals surface area contributed by atoms with Crippen molar-refractivity contribution in [3.63, 3.8) is 0 Å². The van der Waals surface area contributed by atoms with Crippen LogP contribution in [0, 0.1) is 5.92 Å². The van der Waals surface area contributed by atoms with Gasteiger partial charge in [-0.3, -0.25) is 14.9 Å². The summed E-state index contributed by atoms with van der Waals surface area (Å²) in [5.41, 5.74) is 3.77. The van der Waals surface area contributed by atoms with Gasteiger partial charge >= 0.3 is 0 Å². The van der Waals surface area contributed by atoms with Crippen LogP contribution in [0.5, 0.6) is 0 Å². The first-order valence-electron chi connectivity index (χ1n) is 11.2. The highest BCUT2D eigenvalue weighted by molar-refractivity contribution is 7.80. The van der Waals surface area contributed by atoms with Crippen molar-refractivity contribution in [3.8, 4) is 11.1 Å². The van der Waals surface area contributed by atoms with E-state index in [1.165, 1.54) is 0 Å². The predicted molar refractivity (Wildman–Crippen MR) is 136 cm³/mol. The Morgan fingerprint density at radius 3 is 2.15 bits per heavy atom. The molecular formula is C27H27N3O2S. The minimum absolute atomic E-state index is 0.0179. The minimum Gasteiger partial charge on any atom is -0.339 e. The number of thiocarbonyl (C=S) groups is 1. The van der Waals surface area contributed by atoms with Crippen LogP contribution in [0.1, 0.15) is 40.5 Å². The van der Waals surface area contributed by atoms with Gasteiger partial charge in [-0.25, -0.2) is 0 Å².